The van der Waals surface area contributed by atoms with Crippen LogP contribution in [0.1, 0.15) is 51.3 Å². The molecule has 0 saturated carbocycles. The van der Waals surface area contributed by atoms with Crippen molar-refractivity contribution in [3.63, 3.8) is 0 Å². The van der Waals surface area contributed by atoms with Gasteiger partial charge in [0.2, 0.25) is 0 Å². The molecule has 18 heavy (non-hydrogen) atoms. The third kappa shape index (κ3) is 5.65. The Morgan fingerprint density at radius 1 is 1.28 bits per heavy atom. The summed E-state index contributed by atoms with van der Waals surface area (Å²) in [6, 6.07) is 8.59. The van der Waals surface area contributed by atoms with E-state index in [4.69, 9.17) is 4.74 Å². The van der Waals surface area contributed by atoms with Gasteiger partial charge in [0.05, 0.1) is 6.10 Å². The molecule has 0 aromatic heterocycles. The van der Waals surface area contributed by atoms with E-state index in [0.717, 1.165) is 19.6 Å². The highest BCUT2D eigenvalue weighted by atomic mass is 16.5. The Bertz CT molecular complexity index is 354. The lowest BCUT2D eigenvalue weighted by atomic mass is 10.0. The van der Waals surface area contributed by atoms with E-state index in [9.17, 15) is 0 Å². The van der Waals surface area contributed by atoms with Crippen LogP contribution < -0.4 is 5.32 Å². The van der Waals surface area contributed by atoms with E-state index in [1.165, 1.54) is 11.1 Å². The molecule has 0 spiro atoms. The standard InChI is InChI=1S/C16H27NO/c1-6-10-18-15(12-17-16(3,4)5)14-9-7-8-13(2)11-14/h7-9,11,15,17H,6,10,12H2,1-5H3. The van der Waals surface area contributed by atoms with Crippen molar-refractivity contribution >= 4 is 0 Å². The Morgan fingerprint density at radius 2 is 2.00 bits per heavy atom. The van der Waals surface area contributed by atoms with Gasteiger partial charge in [-0.15, -0.1) is 0 Å². The molecule has 0 bridgehead atoms. The van der Waals surface area contributed by atoms with Crippen molar-refractivity contribution < 1.29 is 4.74 Å². The third-order valence-corrected chi connectivity index (χ3v) is 2.75. The van der Waals surface area contributed by atoms with Crippen LogP contribution in [0.25, 0.3) is 0 Å². The summed E-state index contributed by atoms with van der Waals surface area (Å²) in [5.74, 6) is 0. The predicted octanol–water partition coefficient (Wildman–Crippen LogP) is 3.85. The van der Waals surface area contributed by atoms with Crippen LogP contribution >= 0.6 is 0 Å². The smallest absolute Gasteiger partial charge is 0.0949 e. The maximum Gasteiger partial charge on any atom is 0.0949 e. The summed E-state index contributed by atoms with van der Waals surface area (Å²) in [5, 5.41) is 3.52. The first-order valence-electron chi connectivity index (χ1n) is 6.85. The Hall–Kier alpha value is -0.860. The van der Waals surface area contributed by atoms with Crippen LogP contribution in [-0.4, -0.2) is 18.7 Å². The fourth-order valence-electron chi connectivity index (χ4n) is 1.80. The first-order chi connectivity index (χ1) is 8.42. The molecule has 0 aliphatic rings. The molecule has 1 atom stereocenters. The van der Waals surface area contributed by atoms with Gasteiger partial charge in [-0.05, 0) is 39.7 Å². The summed E-state index contributed by atoms with van der Waals surface area (Å²) >= 11 is 0. The maximum atomic E-state index is 5.97. The second kappa shape index (κ2) is 6.91. The molecule has 0 radical (unpaired) electrons. The van der Waals surface area contributed by atoms with Crippen molar-refractivity contribution in [2.24, 2.45) is 0 Å². The van der Waals surface area contributed by atoms with Crippen LogP contribution in [-0.2, 0) is 4.74 Å². The van der Waals surface area contributed by atoms with Crippen LogP contribution in [0.2, 0.25) is 0 Å². The van der Waals surface area contributed by atoms with Gasteiger partial charge in [0.15, 0.2) is 0 Å². The zero-order chi connectivity index (χ0) is 13.6. The molecular formula is C16H27NO. The van der Waals surface area contributed by atoms with Crippen molar-refractivity contribution in [1.29, 1.82) is 0 Å². The lowest BCUT2D eigenvalue weighted by Gasteiger charge is -2.26. The number of benzene rings is 1. The molecule has 0 heterocycles. The molecule has 0 aliphatic heterocycles. The van der Waals surface area contributed by atoms with Crippen LogP contribution in [0.5, 0.6) is 0 Å². The van der Waals surface area contributed by atoms with Gasteiger partial charge in [-0.2, -0.15) is 0 Å². The van der Waals surface area contributed by atoms with Crippen LogP contribution in [0.4, 0.5) is 0 Å². The van der Waals surface area contributed by atoms with Crippen LogP contribution in [0, 0.1) is 6.92 Å². The van der Waals surface area contributed by atoms with Gasteiger partial charge in [-0.3, -0.25) is 0 Å². The Balaban J connectivity index is 2.71. The summed E-state index contributed by atoms with van der Waals surface area (Å²) in [6.07, 6.45) is 1.20. The molecular weight excluding hydrogens is 222 g/mol. The largest absolute Gasteiger partial charge is 0.372 e. The first-order valence-corrected chi connectivity index (χ1v) is 6.85. The predicted molar refractivity (Wildman–Crippen MR) is 77.9 cm³/mol. The van der Waals surface area contributed by atoms with E-state index >= 15 is 0 Å². The highest BCUT2D eigenvalue weighted by Gasteiger charge is 2.16. The topological polar surface area (TPSA) is 21.3 Å². The van der Waals surface area contributed by atoms with E-state index in [1.54, 1.807) is 0 Å². The quantitative estimate of drug-likeness (QED) is 0.827. The lowest BCUT2D eigenvalue weighted by molar-refractivity contribution is 0.0486. The second-order valence-corrected chi connectivity index (χ2v) is 5.90. The Labute approximate surface area is 112 Å². The van der Waals surface area contributed by atoms with E-state index < -0.39 is 0 Å². The van der Waals surface area contributed by atoms with Crippen molar-refractivity contribution in [3.8, 4) is 0 Å². The second-order valence-electron chi connectivity index (χ2n) is 5.90. The average molecular weight is 249 g/mol. The Morgan fingerprint density at radius 3 is 2.56 bits per heavy atom. The van der Waals surface area contributed by atoms with Crippen molar-refractivity contribution in [1.82, 2.24) is 5.32 Å². The van der Waals surface area contributed by atoms with E-state index in [-0.39, 0.29) is 11.6 Å². The zero-order valence-corrected chi connectivity index (χ0v) is 12.4. The van der Waals surface area contributed by atoms with Gasteiger partial charge in [0.1, 0.15) is 0 Å². The average Bonchev–Trinajstić information content (AvgIpc) is 2.28. The highest BCUT2D eigenvalue weighted by molar-refractivity contribution is 5.24. The molecule has 1 unspecified atom stereocenters. The molecule has 102 valence electrons. The van der Waals surface area contributed by atoms with Gasteiger partial charge in [0.25, 0.3) is 0 Å². The molecule has 2 heteroatoms. The SMILES string of the molecule is CCCOC(CNC(C)(C)C)c1cccc(C)c1. The zero-order valence-electron chi connectivity index (χ0n) is 12.4. The van der Waals surface area contributed by atoms with Gasteiger partial charge < -0.3 is 10.1 Å². The molecule has 1 aromatic carbocycles. The van der Waals surface area contributed by atoms with Gasteiger partial charge in [-0.1, -0.05) is 36.8 Å². The summed E-state index contributed by atoms with van der Waals surface area (Å²) in [4.78, 5) is 0. The fourth-order valence-corrected chi connectivity index (χ4v) is 1.80. The lowest BCUT2D eigenvalue weighted by Crippen LogP contribution is -2.39. The number of nitrogens with one attached hydrogen (secondary N) is 1. The molecule has 1 aromatic rings. The minimum Gasteiger partial charge on any atom is -0.372 e. The van der Waals surface area contributed by atoms with Crippen molar-refractivity contribution in [2.45, 2.75) is 52.7 Å². The molecule has 0 aliphatic carbocycles. The molecule has 2 nitrogen and oxygen atoms in total. The van der Waals surface area contributed by atoms with Gasteiger partial charge >= 0.3 is 0 Å². The third-order valence-electron chi connectivity index (χ3n) is 2.75. The molecule has 0 fully saturated rings. The number of hydrogen-bond acceptors (Lipinski definition) is 2. The number of rotatable bonds is 6. The summed E-state index contributed by atoms with van der Waals surface area (Å²) in [6.45, 7) is 12.5. The summed E-state index contributed by atoms with van der Waals surface area (Å²) in [5.41, 5.74) is 2.67. The fraction of sp³-hybridized carbons (Fsp3) is 0.625. The van der Waals surface area contributed by atoms with Crippen LogP contribution in [0.3, 0.4) is 0 Å². The highest BCUT2D eigenvalue weighted by Crippen LogP contribution is 2.19. The molecule has 0 saturated heterocycles. The Kier molecular flexibility index (Phi) is 5.83. The molecule has 0 amide bonds. The number of ether oxygens (including phenoxy) is 1. The maximum absolute atomic E-state index is 5.97. The minimum atomic E-state index is 0.123. The minimum absolute atomic E-state index is 0.123. The van der Waals surface area contributed by atoms with E-state index in [0.29, 0.717) is 0 Å². The van der Waals surface area contributed by atoms with Gasteiger partial charge in [0, 0.05) is 18.7 Å². The normalized spacial score (nSPS) is 13.6. The number of aryl methyl sites for hydroxylation is 1. The number of hydrogen-bond donors (Lipinski definition) is 1. The van der Waals surface area contributed by atoms with Gasteiger partial charge in [-0.25, -0.2) is 0 Å². The first kappa shape index (κ1) is 15.2. The van der Waals surface area contributed by atoms with E-state index in [2.05, 4.69) is 64.2 Å². The molecule has 1 N–H and O–H groups in total. The monoisotopic (exact) mass is 249 g/mol. The van der Waals surface area contributed by atoms with Crippen molar-refractivity contribution in [3.05, 3.63) is 35.4 Å². The summed E-state index contributed by atoms with van der Waals surface area (Å²) < 4.78 is 5.97. The van der Waals surface area contributed by atoms with E-state index in [1.807, 2.05) is 0 Å². The van der Waals surface area contributed by atoms with Crippen LogP contribution in [0.15, 0.2) is 24.3 Å². The molecule has 1 rings (SSSR count). The van der Waals surface area contributed by atoms with Crippen molar-refractivity contribution in [2.75, 3.05) is 13.2 Å². The summed E-state index contributed by atoms with van der Waals surface area (Å²) in [7, 11) is 0.